The summed E-state index contributed by atoms with van der Waals surface area (Å²) in [5.41, 5.74) is 1.81. The lowest BCUT2D eigenvalue weighted by atomic mass is 9.82. The van der Waals surface area contributed by atoms with Crippen molar-refractivity contribution in [1.29, 1.82) is 0 Å². The lowest BCUT2D eigenvalue weighted by molar-refractivity contribution is -0.146. The highest BCUT2D eigenvalue weighted by atomic mass is 32.1. The minimum atomic E-state index is -0.995. The molecule has 7 heteroatoms. The molecule has 1 aromatic heterocycles. The number of esters is 1. The van der Waals surface area contributed by atoms with Crippen LogP contribution < -0.4 is 5.32 Å². The fourth-order valence-corrected chi connectivity index (χ4v) is 4.30. The predicted octanol–water partition coefficient (Wildman–Crippen LogP) is 4.59. The SMILES string of the molecule is CC(C)OC(=O)c1c(-c2ccccc2)csc1NC(=O)C1CC=CCC1C(=O)O. The molecule has 1 heterocycles. The van der Waals surface area contributed by atoms with Crippen molar-refractivity contribution in [3.05, 3.63) is 53.4 Å². The highest BCUT2D eigenvalue weighted by Gasteiger charge is 2.35. The third kappa shape index (κ3) is 4.74. The van der Waals surface area contributed by atoms with Gasteiger partial charge in [0.05, 0.1) is 17.9 Å². The van der Waals surface area contributed by atoms with Crippen molar-refractivity contribution in [1.82, 2.24) is 0 Å². The van der Waals surface area contributed by atoms with Crippen molar-refractivity contribution < 1.29 is 24.2 Å². The van der Waals surface area contributed by atoms with E-state index >= 15 is 0 Å². The number of anilines is 1. The van der Waals surface area contributed by atoms with Crippen molar-refractivity contribution in [3.8, 4) is 11.1 Å². The van der Waals surface area contributed by atoms with E-state index in [0.717, 1.165) is 5.56 Å². The van der Waals surface area contributed by atoms with Crippen LogP contribution in [0.15, 0.2) is 47.9 Å². The number of amides is 1. The zero-order valence-electron chi connectivity index (χ0n) is 16.3. The molecule has 29 heavy (non-hydrogen) atoms. The average Bonchev–Trinajstić information content (AvgIpc) is 3.11. The monoisotopic (exact) mass is 413 g/mol. The minimum Gasteiger partial charge on any atom is -0.481 e. The topological polar surface area (TPSA) is 92.7 Å². The number of ether oxygens (including phenoxy) is 1. The number of allylic oxidation sites excluding steroid dienone is 2. The van der Waals surface area contributed by atoms with E-state index in [2.05, 4.69) is 5.32 Å². The summed E-state index contributed by atoms with van der Waals surface area (Å²) < 4.78 is 5.39. The summed E-state index contributed by atoms with van der Waals surface area (Å²) in [6.45, 7) is 3.52. The molecule has 0 spiro atoms. The summed E-state index contributed by atoms with van der Waals surface area (Å²) >= 11 is 1.23. The molecule has 152 valence electrons. The number of thiophene rings is 1. The van der Waals surface area contributed by atoms with Crippen LogP contribution in [0.4, 0.5) is 5.00 Å². The first-order chi connectivity index (χ1) is 13.9. The van der Waals surface area contributed by atoms with Crippen LogP contribution in [0.3, 0.4) is 0 Å². The van der Waals surface area contributed by atoms with Gasteiger partial charge in [-0.05, 0) is 32.3 Å². The Hall–Kier alpha value is -2.93. The van der Waals surface area contributed by atoms with Gasteiger partial charge in [-0.25, -0.2) is 4.79 Å². The quantitative estimate of drug-likeness (QED) is 0.534. The molecule has 0 aliphatic heterocycles. The van der Waals surface area contributed by atoms with Crippen molar-refractivity contribution >= 4 is 34.2 Å². The second kappa shape index (κ2) is 9.05. The van der Waals surface area contributed by atoms with Crippen LogP contribution >= 0.6 is 11.3 Å². The van der Waals surface area contributed by atoms with Crippen LogP contribution in [0.2, 0.25) is 0 Å². The van der Waals surface area contributed by atoms with E-state index in [0.29, 0.717) is 29.0 Å². The second-order valence-electron chi connectivity index (χ2n) is 7.16. The number of rotatable bonds is 6. The summed E-state index contributed by atoms with van der Waals surface area (Å²) in [7, 11) is 0. The molecule has 2 N–H and O–H groups in total. The number of carboxylic acid groups (broad SMARTS) is 1. The lowest BCUT2D eigenvalue weighted by Crippen LogP contribution is -2.34. The number of carboxylic acids is 1. The molecule has 2 aromatic rings. The van der Waals surface area contributed by atoms with Crippen LogP contribution in [-0.4, -0.2) is 29.1 Å². The van der Waals surface area contributed by atoms with Crippen molar-refractivity contribution in [2.24, 2.45) is 11.8 Å². The zero-order chi connectivity index (χ0) is 21.0. The van der Waals surface area contributed by atoms with E-state index in [9.17, 15) is 19.5 Å². The number of carbonyl (C=O) groups is 3. The normalized spacial score (nSPS) is 18.4. The Kier molecular flexibility index (Phi) is 6.49. The summed E-state index contributed by atoms with van der Waals surface area (Å²) in [5.74, 6) is -3.38. The lowest BCUT2D eigenvalue weighted by Gasteiger charge is -2.24. The van der Waals surface area contributed by atoms with Crippen molar-refractivity contribution in [3.63, 3.8) is 0 Å². The first-order valence-electron chi connectivity index (χ1n) is 9.45. The van der Waals surface area contributed by atoms with Gasteiger partial charge in [-0.1, -0.05) is 42.5 Å². The van der Waals surface area contributed by atoms with Gasteiger partial charge < -0.3 is 15.2 Å². The van der Waals surface area contributed by atoms with Crippen LogP contribution in [0, 0.1) is 11.8 Å². The molecule has 0 radical (unpaired) electrons. The van der Waals surface area contributed by atoms with E-state index in [-0.39, 0.29) is 6.10 Å². The Morgan fingerprint density at radius 1 is 1.10 bits per heavy atom. The molecule has 6 nitrogen and oxygen atoms in total. The molecule has 1 amide bonds. The standard InChI is InChI=1S/C22H23NO5S/c1-13(2)28-22(27)18-17(14-8-4-3-5-9-14)12-29-20(18)23-19(24)15-10-6-7-11-16(15)21(25)26/h3-9,12-13,15-16H,10-11H2,1-2H3,(H,23,24)(H,25,26). The van der Waals surface area contributed by atoms with E-state index in [4.69, 9.17) is 4.74 Å². The van der Waals surface area contributed by atoms with Gasteiger partial charge >= 0.3 is 11.9 Å². The van der Waals surface area contributed by atoms with Gasteiger partial charge in [0.25, 0.3) is 0 Å². The number of hydrogen-bond acceptors (Lipinski definition) is 5. The van der Waals surface area contributed by atoms with Gasteiger partial charge in [0.1, 0.15) is 10.6 Å². The van der Waals surface area contributed by atoms with E-state index < -0.39 is 29.7 Å². The number of carbonyl (C=O) groups excluding carboxylic acids is 2. The Labute approximate surface area is 173 Å². The molecule has 1 aromatic carbocycles. The Bertz CT molecular complexity index is 932. The summed E-state index contributed by atoms with van der Waals surface area (Å²) in [4.78, 5) is 37.2. The Balaban J connectivity index is 1.93. The molecule has 3 rings (SSSR count). The fourth-order valence-electron chi connectivity index (χ4n) is 3.34. The maximum atomic E-state index is 12.9. The Morgan fingerprint density at radius 3 is 2.38 bits per heavy atom. The number of aliphatic carboxylic acids is 1. The van der Waals surface area contributed by atoms with Gasteiger partial charge in [-0.3, -0.25) is 9.59 Å². The molecular weight excluding hydrogens is 390 g/mol. The average molecular weight is 413 g/mol. The highest BCUT2D eigenvalue weighted by Crippen LogP contribution is 2.37. The van der Waals surface area contributed by atoms with Crippen molar-refractivity contribution in [2.75, 3.05) is 5.32 Å². The molecule has 0 saturated carbocycles. The highest BCUT2D eigenvalue weighted by molar-refractivity contribution is 7.15. The molecular formula is C22H23NO5S. The third-order valence-electron chi connectivity index (χ3n) is 4.75. The minimum absolute atomic E-state index is 0.293. The summed E-state index contributed by atoms with van der Waals surface area (Å²) in [5, 5.41) is 14.4. The molecule has 1 aliphatic rings. The smallest absolute Gasteiger partial charge is 0.342 e. The van der Waals surface area contributed by atoms with Gasteiger partial charge in [0.15, 0.2) is 0 Å². The van der Waals surface area contributed by atoms with Crippen LogP contribution in [-0.2, 0) is 14.3 Å². The maximum Gasteiger partial charge on any atom is 0.342 e. The molecule has 1 aliphatic carbocycles. The molecule has 0 saturated heterocycles. The molecule has 0 fully saturated rings. The van der Waals surface area contributed by atoms with Crippen molar-refractivity contribution in [2.45, 2.75) is 32.8 Å². The van der Waals surface area contributed by atoms with Gasteiger partial charge in [-0.15, -0.1) is 11.3 Å². The second-order valence-corrected chi connectivity index (χ2v) is 8.04. The number of nitrogens with one attached hydrogen (secondary N) is 1. The van der Waals surface area contributed by atoms with Crippen LogP contribution in [0.5, 0.6) is 0 Å². The molecule has 2 unspecified atom stereocenters. The third-order valence-corrected chi connectivity index (χ3v) is 5.64. The zero-order valence-corrected chi connectivity index (χ0v) is 17.1. The van der Waals surface area contributed by atoms with Crippen LogP contribution in [0.1, 0.15) is 37.0 Å². The number of hydrogen-bond donors (Lipinski definition) is 2. The first kappa shape index (κ1) is 20.8. The van der Waals surface area contributed by atoms with E-state index in [1.54, 1.807) is 25.3 Å². The van der Waals surface area contributed by atoms with Gasteiger partial charge in [0.2, 0.25) is 5.91 Å². The van der Waals surface area contributed by atoms with Gasteiger partial charge in [0, 0.05) is 10.9 Å². The van der Waals surface area contributed by atoms with E-state index in [1.165, 1.54) is 11.3 Å². The van der Waals surface area contributed by atoms with Gasteiger partial charge in [-0.2, -0.15) is 0 Å². The molecule has 2 atom stereocenters. The summed E-state index contributed by atoms with van der Waals surface area (Å²) in [6.07, 6.45) is 3.96. The largest absolute Gasteiger partial charge is 0.481 e. The predicted molar refractivity (Wildman–Crippen MR) is 112 cm³/mol. The van der Waals surface area contributed by atoms with Crippen LogP contribution in [0.25, 0.3) is 11.1 Å². The molecule has 0 bridgehead atoms. The fraction of sp³-hybridized carbons (Fsp3) is 0.318. The first-order valence-corrected chi connectivity index (χ1v) is 10.3. The summed E-state index contributed by atoms with van der Waals surface area (Å²) in [6, 6.07) is 9.38. The Morgan fingerprint density at radius 2 is 1.76 bits per heavy atom. The maximum absolute atomic E-state index is 12.9. The number of benzene rings is 1. The van der Waals surface area contributed by atoms with E-state index in [1.807, 2.05) is 36.4 Å².